The Kier molecular flexibility index (Phi) is 2.70. The largest absolute Gasteiger partial charge is 0.420 e. The molecule has 0 spiro atoms. The van der Waals surface area contributed by atoms with E-state index in [2.05, 4.69) is 8.58 Å². The molecule has 15 heavy (non-hydrogen) atoms. The highest BCUT2D eigenvalue weighted by atomic mass is 35.5. The van der Waals surface area contributed by atoms with E-state index in [1.807, 2.05) is 0 Å². The van der Waals surface area contributed by atoms with Gasteiger partial charge in [0.15, 0.2) is 0 Å². The van der Waals surface area contributed by atoms with E-state index in [1.165, 1.54) is 0 Å². The van der Waals surface area contributed by atoms with E-state index < -0.39 is 5.63 Å². The molecule has 6 heteroatoms. The maximum Gasteiger partial charge on any atom is 0.385 e. The molecule has 2 rings (SSSR count). The predicted molar refractivity (Wildman–Crippen MR) is 55.4 cm³/mol. The molecule has 0 amide bonds. The van der Waals surface area contributed by atoms with Crippen LogP contribution in [0.15, 0.2) is 33.5 Å². The molecule has 2 aromatic rings. The zero-order valence-corrected chi connectivity index (χ0v) is 8.71. The van der Waals surface area contributed by atoms with Crippen molar-refractivity contribution in [3.05, 3.63) is 34.7 Å². The third-order valence-electron chi connectivity index (χ3n) is 1.88. The second-order valence-electron chi connectivity index (χ2n) is 2.70. The van der Waals surface area contributed by atoms with Gasteiger partial charge in [-0.2, -0.15) is 0 Å². The number of para-hydroxylation sites is 1. The lowest BCUT2D eigenvalue weighted by Crippen LogP contribution is -2.03. The third-order valence-corrected chi connectivity index (χ3v) is 2.19. The Bertz CT molecular complexity index is 549. The van der Waals surface area contributed by atoms with E-state index in [0.29, 0.717) is 11.0 Å². The first-order chi connectivity index (χ1) is 7.27. The lowest BCUT2D eigenvalue weighted by molar-refractivity contribution is 0.477. The van der Waals surface area contributed by atoms with Gasteiger partial charge in [0.05, 0.1) is 5.39 Å². The first-order valence-corrected chi connectivity index (χ1v) is 4.52. The Labute approximate surface area is 94.3 Å². The van der Waals surface area contributed by atoms with Gasteiger partial charge in [-0.05, 0) is 12.1 Å². The van der Waals surface area contributed by atoms with Gasteiger partial charge in [0.2, 0.25) is 5.75 Å². The molecule has 0 bridgehead atoms. The van der Waals surface area contributed by atoms with Crippen LogP contribution >= 0.6 is 23.7 Å². The number of rotatable bonds is 2. The minimum absolute atomic E-state index is 0.0403. The fraction of sp³-hybridized carbons (Fsp3) is 0. The van der Waals surface area contributed by atoms with Gasteiger partial charge in [-0.25, -0.2) is 4.79 Å². The summed E-state index contributed by atoms with van der Waals surface area (Å²) in [5, 5.41) is 0.503. The Morgan fingerprint density at radius 2 is 1.73 bits per heavy atom. The minimum Gasteiger partial charge on any atom is -0.420 e. The van der Waals surface area contributed by atoms with Gasteiger partial charge in [-0.3, -0.25) is 0 Å². The van der Waals surface area contributed by atoms with Crippen LogP contribution < -0.4 is 14.2 Å². The zero-order valence-electron chi connectivity index (χ0n) is 7.20. The fourth-order valence-corrected chi connectivity index (χ4v) is 1.53. The Balaban J connectivity index is 2.91. The molecule has 1 aromatic heterocycles. The summed E-state index contributed by atoms with van der Waals surface area (Å²) in [6.45, 7) is 0. The topological polar surface area (TPSA) is 48.7 Å². The van der Waals surface area contributed by atoms with E-state index in [-0.39, 0.29) is 11.5 Å². The van der Waals surface area contributed by atoms with Gasteiger partial charge in [0, 0.05) is 0 Å². The Morgan fingerprint density at radius 3 is 2.40 bits per heavy atom. The van der Waals surface area contributed by atoms with Crippen molar-refractivity contribution in [2.24, 2.45) is 0 Å². The lowest BCUT2D eigenvalue weighted by atomic mass is 10.2. The number of fused-ring (bicyclic) bond motifs is 1. The lowest BCUT2D eigenvalue weighted by Gasteiger charge is -2.04. The molecular weight excluding hydrogens is 243 g/mol. The normalized spacial score (nSPS) is 10.3. The van der Waals surface area contributed by atoms with Crippen molar-refractivity contribution in [3.8, 4) is 11.5 Å². The molecule has 0 atom stereocenters. The van der Waals surface area contributed by atoms with Crippen molar-refractivity contribution in [1.82, 2.24) is 0 Å². The molecule has 1 aromatic carbocycles. The Morgan fingerprint density at radius 1 is 1.07 bits per heavy atom. The highest BCUT2D eigenvalue weighted by Crippen LogP contribution is 2.33. The highest BCUT2D eigenvalue weighted by Gasteiger charge is 2.17. The van der Waals surface area contributed by atoms with Crippen LogP contribution in [0.25, 0.3) is 11.0 Å². The molecule has 4 nitrogen and oxygen atoms in total. The second-order valence-corrected chi connectivity index (χ2v) is 3.01. The van der Waals surface area contributed by atoms with E-state index in [1.54, 1.807) is 24.3 Å². The van der Waals surface area contributed by atoms with Gasteiger partial charge in [-0.15, -0.1) is 0 Å². The standard InChI is InChI=1S/C9H4Cl2O4/c10-14-7-5-3-1-2-4-6(5)13-9(12)8(7)15-11/h1-4H. The van der Waals surface area contributed by atoms with Crippen molar-refractivity contribution in [2.75, 3.05) is 0 Å². The highest BCUT2D eigenvalue weighted by molar-refractivity contribution is 6.12. The van der Waals surface area contributed by atoms with Crippen molar-refractivity contribution in [3.63, 3.8) is 0 Å². The quantitative estimate of drug-likeness (QED) is 0.765. The summed E-state index contributed by atoms with van der Waals surface area (Å²) < 4.78 is 13.8. The van der Waals surface area contributed by atoms with Crippen LogP contribution in [0.3, 0.4) is 0 Å². The van der Waals surface area contributed by atoms with E-state index >= 15 is 0 Å². The van der Waals surface area contributed by atoms with Crippen LogP contribution in [0.4, 0.5) is 0 Å². The van der Waals surface area contributed by atoms with Crippen LogP contribution in [0.2, 0.25) is 0 Å². The first-order valence-electron chi connectivity index (χ1n) is 3.91. The molecular formula is C9H4Cl2O4. The van der Waals surface area contributed by atoms with Gasteiger partial charge >= 0.3 is 5.63 Å². The van der Waals surface area contributed by atoms with E-state index in [9.17, 15) is 4.79 Å². The summed E-state index contributed by atoms with van der Waals surface area (Å²) in [7, 11) is 0. The number of halogens is 2. The van der Waals surface area contributed by atoms with Crippen molar-refractivity contribution in [1.29, 1.82) is 0 Å². The maximum absolute atomic E-state index is 11.3. The minimum atomic E-state index is -0.751. The number of hydrogen-bond acceptors (Lipinski definition) is 4. The summed E-state index contributed by atoms with van der Waals surface area (Å²) in [6, 6.07) is 6.72. The molecule has 0 fully saturated rings. The molecule has 0 unspecified atom stereocenters. The number of benzene rings is 1. The number of hydrogen-bond donors (Lipinski definition) is 0. The van der Waals surface area contributed by atoms with E-state index in [0.717, 1.165) is 0 Å². The summed E-state index contributed by atoms with van der Waals surface area (Å²) in [5.74, 6) is -0.233. The maximum atomic E-state index is 11.3. The van der Waals surface area contributed by atoms with Crippen molar-refractivity contribution >= 4 is 34.7 Å². The second kappa shape index (κ2) is 4.00. The average Bonchev–Trinajstić information content (AvgIpc) is 2.27. The van der Waals surface area contributed by atoms with Crippen LogP contribution in [-0.4, -0.2) is 0 Å². The van der Waals surface area contributed by atoms with Gasteiger partial charge in [0.25, 0.3) is 5.75 Å². The molecule has 0 aliphatic heterocycles. The van der Waals surface area contributed by atoms with Crippen LogP contribution in [0.1, 0.15) is 0 Å². The fourth-order valence-electron chi connectivity index (χ4n) is 1.25. The average molecular weight is 247 g/mol. The molecule has 78 valence electrons. The molecule has 0 aliphatic rings. The van der Waals surface area contributed by atoms with Crippen LogP contribution in [-0.2, 0) is 0 Å². The molecule has 0 N–H and O–H groups in total. The van der Waals surface area contributed by atoms with Gasteiger partial charge in [0.1, 0.15) is 29.3 Å². The summed E-state index contributed by atoms with van der Waals surface area (Å²) in [4.78, 5) is 11.3. The van der Waals surface area contributed by atoms with E-state index in [4.69, 9.17) is 28.1 Å². The monoisotopic (exact) mass is 246 g/mol. The molecule has 0 radical (unpaired) electrons. The molecule has 0 saturated heterocycles. The molecule has 0 saturated carbocycles. The van der Waals surface area contributed by atoms with Crippen LogP contribution in [0, 0.1) is 0 Å². The van der Waals surface area contributed by atoms with Crippen molar-refractivity contribution < 1.29 is 13.0 Å². The first kappa shape index (κ1) is 10.1. The summed E-state index contributed by atoms with van der Waals surface area (Å²) in [5.41, 5.74) is -0.407. The summed E-state index contributed by atoms with van der Waals surface area (Å²) >= 11 is 10.4. The third kappa shape index (κ3) is 1.62. The molecule has 1 heterocycles. The Hall–Kier alpha value is -1.39. The van der Waals surface area contributed by atoms with Crippen LogP contribution in [0.5, 0.6) is 11.5 Å². The van der Waals surface area contributed by atoms with Gasteiger partial charge < -0.3 is 13.0 Å². The smallest absolute Gasteiger partial charge is 0.385 e. The van der Waals surface area contributed by atoms with Crippen molar-refractivity contribution in [2.45, 2.75) is 0 Å². The zero-order chi connectivity index (χ0) is 10.8. The molecule has 0 aliphatic carbocycles. The SMILES string of the molecule is O=c1oc2ccccc2c(OCl)c1OCl. The summed E-state index contributed by atoms with van der Waals surface area (Å²) in [6.07, 6.45) is 0. The predicted octanol–water partition coefficient (Wildman–Crippen LogP) is 2.86. The van der Waals surface area contributed by atoms with Gasteiger partial charge in [-0.1, -0.05) is 12.1 Å².